The summed E-state index contributed by atoms with van der Waals surface area (Å²) in [6.07, 6.45) is 1.33. The van der Waals surface area contributed by atoms with E-state index in [0.29, 0.717) is 6.04 Å². The molecule has 1 fully saturated rings. The monoisotopic (exact) mass is 175 g/mol. The first kappa shape index (κ1) is 8.61. The lowest BCUT2D eigenvalue weighted by Gasteiger charge is -2.25. The van der Waals surface area contributed by atoms with E-state index in [2.05, 4.69) is 49.1 Å². The van der Waals surface area contributed by atoms with E-state index in [1.54, 1.807) is 0 Å². The van der Waals surface area contributed by atoms with Gasteiger partial charge in [0, 0.05) is 18.3 Å². The van der Waals surface area contributed by atoms with Gasteiger partial charge in [-0.25, -0.2) is 0 Å². The van der Waals surface area contributed by atoms with Gasteiger partial charge in [-0.2, -0.15) is 0 Å². The van der Waals surface area contributed by atoms with E-state index < -0.39 is 0 Å². The first-order valence-corrected chi connectivity index (χ1v) is 5.10. The van der Waals surface area contributed by atoms with E-state index in [-0.39, 0.29) is 0 Å². The van der Waals surface area contributed by atoms with Crippen molar-refractivity contribution in [1.29, 1.82) is 0 Å². The minimum absolute atomic E-state index is 0.697. The van der Waals surface area contributed by atoms with Gasteiger partial charge < -0.3 is 4.90 Å². The molecule has 0 aliphatic carbocycles. The van der Waals surface area contributed by atoms with Gasteiger partial charge in [0.2, 0.25) is 0 Å². The highest BCUT2D eigenvalue weighted by Crippen LogP contribution is 2.28. The summed E-state index contributed by atoms with van der Waals surface area (Å²) in [6.45, 7) is 5.88. The third kappa shape index (κ3) is 1.55. The fraction of sp³-hybridized carbons (Fsp3) is 0.500. The molecule has 2 atom stereocenters. The van der Waals surface area contributed by atoms with Gasteiger partial charge in [-0.3, -0.25) is 0 Å². The first-order valence-electron chi connectivity index (χ1n) is 5.10. The molecule has 1 aromatic carbocycles. The minimum Gasteiger partial charge on any atom is -0.369 e. The predicted molar refractivity (Wildman–Crippen MR) is 57.0 cm³/mol. The summed E-state index contributed by atoms with van der Waals surface area (Å²) >= 11 is 0. The van der Waals surface area contributed by atoms with Crippen molar-refractivity contribution < 1.29 is 0 Å². The van der Waals surface area contributed by atoms with Crippen LogP contribution in [0.5, 0.6) is 0 Å². The van der Waals surface area contributed by atoms with Crippen molar-refractivity contribution in [3.63, 3.8) is 0 Å². The van der Waals surface area contributed by atoms with Crippen LogP contribution in [-0.2, 0) is 0 Å². The molecule has 0 bridgehead atoms. The third-order valence-corrected chi connectivity index (χ3v) is 3.23. The van der Waals surface area contributed by atoms with E-state index in [1.807, 2.05) is 0 Å². The maximum absolute atomic E-state index is 2.50. The lowest BCUT2D eigenvalue weighted by Crippen LogP contribution is -2.28. The predicted octanol–water partition coefficient (Wildman–Crippen LogP) is 2.92. The average molecular weight is 175 g/mol. The highest BCUT2D eigenvalue weighted by atomic mass is 15.2. The number of hydrogen-bond acceptors (Lipinski definition) is 1. The Balaban J connectivity index is 2.19. The zero-order chi connectivity index (χ0) is 9.26. The van der Waals surface area contributed by atoms with Gasteiger partial charge in [0.1, 0.15) is 0 Å². The number of hydrogen-bond donors (Lipinski definition) is 0. The summed E-state index contributed by atoms with van der Waals surface area (Å²) in [5.74, 6) is 0.834. The molecule has 2 rings (SSSR count). The SMILES string of the molecule is CC1CCN(c2ccccc2)C1C. The van der Waals surface area contributed by atoms with Gasteiger partial charge in [-0.1, -0.05) is 25.1 Å². The standard InChI is InChI=1S/C12H17N/c1-10-8-9-13(11(10)2)12-6-4-3-5-7-12/h3-7,10-11H,8-9H2,1-2H3. The smallest absolute Gasteiger partial charge is 0.0368 e. The average Bonchev–Trinajstić information content (AvgIpc) is 2.49. The molecular formula is C12H17N. The number of nitrogens with zero attached hydrogens (tertiary/aromatic N) is 1. The second-order valence-electron chi connectivity index (χ2n) is 4.04. The molecule has 1 heteroatoms. The highest BCUT2D eigenvalue weighted by Gasteiger charge is 2.26. The van der Waals surface area contributed by atoms with Crippen LogP contribution in [0.15, 0.2) is 30.3 Å². The molecule has 2 unspecified atom stereocenters. The molecule has 0 N–H and O–H groups in total. The Morgan fingerprint density at radius 2 is 1.85 bits per heavy atom. The molecule has 0 saturated carbocycles. The van der Waals surface area contributed by atoms with Crippen molar-refractivity contribution >= 4 is 5.69 Å². The van der Waals surface area contributed by atoms with Crippen LogP contribution in [0.2, 0.25) is 0 Å². The van der Waals surface area contributed by atoms with Crippen LogP contribution in [0.3, 0.4) is 0 Å². The zero-order valence-electron chi connectivity index (χ0n) is 8.40. The molecular weight excluding hydrogens is 158 g/mol. The Morgan fingerprint density at radius 3 is 2.38 bits per heavy atom. The Hall–Kier alpha value is -0.980. The number of anilines is 1. The molecule has 1 heterocycles. The fourth-order valence-electron chi connectivity index (χ4n) is 2.08. The molecule has 0 aromatic heterocycles. The fourth-order valence-corrected chi connectivity index (χ4v) is 2.08. The lowest BCUT2D eigenvalue weighted by atomic mass is 10.1. The van der Waals surface area contributed by atoms with Crippen molar-refractivity contribution in [1.82, 2.24) is 0 Å². The number of para-hydroxylation sites is 1. The largest absolute Gasteiger partial charge is 0.369 e. The van der Waals surface area contributed by atoms with E-state index in [1.165, 1.54) is 18.7 Å². The number of rotatable bonds is 1. The molecule has 1 nitrogen and oxygen atoms in total. The molecule has 1 aromatic rings. The maximum Gasteiger partial charge on any atom is 0.0368 e. The molecule has 13 heavy (non-hydrogen) atoms. The zero-order valence-corrected chi connectivity index (χ0v) is 8.40. The third-order valence-electron chi connectivity index (χ3n) is 3.23. The molecule has 70 valence electrons. The van der Waals surface area contributed by atoms with E-state index in [4.69, 9.17) is 0 Å². The van der Waals surface area contributed by atoms with Crippen molar-refractivity contribution in [2.75, 3.05) is 11.4 Å². The van der Waals surface area contributed by atoms with Gasteiger partial charge in [-0.05, 0) is 31.4 Å². The van der Waals surface area contributed by atoms with Crippen LogP contribution in [0.25, 0.3) is 0 Å². The van der Waals surface area contributed by atoms with Gasteiger partial charge in [-0.15, -0.1) is 0 Å². The Morgan fingerprint density at radius 1 is 1.15 bits per heavy atom. The summed E-state index contributed by atoms with van der Waals surface area (Å²) in [7, 11) is 0. The van der Waals surface area contributed by atoms with Crippen LogP contribution in [0, 0.1) is 5.92 Å². The summed E-state index contributed by atoms with van der Waals surface area (Å²) in [4.78, 5) is 2.50. The minimum atomic E-state index is 0.697. The van der Waals surface area contributed by atoms with Gasteiger partial charge >= 0.3 is 0 Å². The van der Waals surface area contributed by atoms with E-state index in [0.717, 1.165) is 5.92 Å². The van der Waals surface area contributed by atoms with Crippen LogP contribution in [0.4, 0.5) is 5.69 Å². The summed E-state index contributed by atoms with van der Waals surface area (Å²) in [5, 5.41) is 0. The Bertz CT molecular complexity index is 268. The highest BCUT2D eigenvalue weighted by molar-refractivity contribution is 5.48. The van der Waals surface area contributed by atoms with Crippen molar-refractivity contribution in [2.45, 2.75) is 26.3 Å². The van der Waals surface area contributed by atoms with Gasteiger partial charge in [0.25, 0.3) is 0 Å². The summed E-state index contributed by atoms with van der Waals surface area (Å²) in [6, 6.07) is 11.4. The van der Waals surface area contributed by atoms with Crippen LogP contribution < -0.4 is 4.90 Å². The van der Waals surface area contributed by atoms with Crippen LogP contribution in [-0.4, -0.2) is 12.6 Å². The van der Waals surface area contributed by atoms with E-state index in [9.17, 15) is 0 Å². The van der Waals surface area contributed by atoms with Gasteiger partial charge in [0.05, 0.1) is 0 Å². The van der Waals surface area contributed by atoms with Gasteiger partial charge in [0.15, 0.2) is 0 Å². The molecule has 0 spiro atoms. The van der Waals surface area contributed by atoms with E-state index >= 15 is 0 Å². The van der Waals surface area contributed by atoms with Crippen LogP contribution >= 0.6 is 0 Å². The first-order chi connectivity index (χ1) is 6.29. The topological polar surface area (TPSA) is 3.24 Å². The Labute approximate surface area is 80.4 Å². The second-order valence-corrected chi connectivity index (χ2v) is 4.04. The molecule has 0 amide bonds. The summed E-state index contributed by atoms with van der Waals surface area (Å²) in [5.41, 5.74) is 1.37. The maximum atomic E-state index is 2.50. The number of benzene rings is 1. The molecule has 1 saturated heterocycles. The second kappa shape index (κ2) is 3.41. The van der Waals surface area contributed by atoms with Crippen molar-refractivity contribution in [2.24, 2.45) is 5.92 Å². The molecule has 0 radical (unpaired) electrons. The van der Waals surface area contributed by atoms with Crippen molar-refractivity contribution in [3.8, 4) is 0 Å². The Kier molecular flexibility index (Phi) is 2.26. The normalized spacial score (nSPS) is 28.0. The summed E-state index contributed by atoms with van der Waals surface area (Å²) < 4.78 is 0. The molecule has 1 aliphatic rings. The molecule has 1 aliphatic heterocycles. The van der Waals surface area contributed by atoms with Crippen LogP contribution in [0.1, 0.15) is 20.3 Å². The lowest BCUT2D eigenvalue weighted by molar-refractivity contribution is 0.546. The van der Waals surface area contributed by atoms with Crippen molar-refractivity contribution in [3.05, 3.63) is 30.3 Å². The quantitative estimate of drug-likeness (QED) is 0.634.